The molecule has 0 amide bonds. The summed E-state index contributed by atoms with van der Waals surface area (Å²) in [6, 6.07) is 4.14. The molecule has 0 spiro atoms. The maximum absolute atomic E-state index is 13.2. The second-order valence-corrected chi connectivity index (χ2v) is 8.22. The number of rotatable bonds is 1. The van der Waals surface area contributed by atoms with Crippen molar-refractivity contribution in [3.63, 3.8) is 0 Å². The van der Waals surface area contributed by atoms with Gasteiger partial charge in [-0.15, -0.1) is 0 Å². The fraction of sp³-hybridized carbons (Fsp3) is 0.600. The Morgan fingerprint density at radius 3 is 2.68 bits per heavy atom. The van der Waals surface area contributed by atoms with E-state index in [1.807, 2.05) is 0 Å². The third-order valence-electron chi connectivity index (χ3n) is 6.24. The van der Waals surface area contributed by atoms with Crippen LogP contribution in [0.1, 0.15) is 43.0 Å². The molecule has 1 aromatic carbocycles. The average molecular weight is 350 g/mol. The molecule has 1 N–H and O–H groups in total. The Balaban J connectivity index is 1.88. The molecule has 0 bridgehead atoms. The molecule has 3 atom stereocenters. The Morgan fingerprint density at radius 2 is 2.00 bits per heavy atom. The van der Waals surface area contributed by atoms with Crippen LogP contribution >= 0.6 is 0 Å². The Kier molecular flexibility index (Phi) is 3.91. The first-order valence-electron chi connectivity index (χ1n) is 9.16. The summed E-state index contributed by atoms with van der Waals surface area (Å²) in [5.41, 5.74) is 2.61. The lowest BCUT2D eigenvalue weighted by molar-refractivity contribution is -0.137. The molecule has 0 radical (unpaired) electrons. The van der Waals surface area contributed by atoms with Crippen LogP contribution in [0.25, 0.3) is 10.9 Å². The minimum absolute atomic E-state index is 0.314. The van der Waals surface area contributed by atoms with Gasteiger partial charge in [-0.05, 0) is 73.9 Å². The molecule has 3 unspecified atom stereocenters. The number of likely N-dealkylation sites (tertiary alicyclic amines) is 1. The van der Waals surface area contributed by atoms with Crippen molar-refractivity contribution in [1.29, 1.82) is 0 Å². The van der Waals surface area contributed by atoms with Crippen LogP contribution in [-0.4, -0.2) is 30.0 Å². The number of hydrogen-bond donors (Lipinski definition) is 1. The zero-order chi connectivity index (χ0) is 17.9. The highest BCUT2D eigenvalue weighted by molar-refractivity contribution is 5.86. The SMILES string of the molecule is CC(C)C1c2c([nH]c3ccc(C(F)(F)F)cc23)CC2CCN(C)CC21. The quantitative estimate of drug-likeness (QED) is 0.762. The number of nitrogens with zero attached hydrogens (tertiary/aromatic N) is 1. The first-order chi connectivity index (χ1) is 11.8. The maximum Gasteiger partial charge on any atom is 0.416 e. The first-order valence-corrected chi connectivity index (χ1v) is 9.16. The van der Waals surface area contributed by atoms with Crippen molar-refractivity contribution in [2.24, 2.45) is 17.8 Å². The van der Waals surface area contributed by atoms with Crippen LogP contribution in [0.5, 0.6) is 0 Å². The van der Waals surface area contributed by atoms with Gasteiger partial charge in [-0.25, -0.2) is 0 Å². The monoisotopic (exact) mass is 350 g/mol. The van der Waals surface area contributed by atoms with Crippen LogP contribution in [0.3, 0.4) is 0 Å². The summed E-state index contributed by atoms with van der Waals surface area (Å²) in [5.74, 6) is 1.88. The molecular formula is C20H25F3N2. The van der Waals surface area contributed by atoms with Crippen LogP contribution in [0, 0.1) is 17.8 Å². The molecule has 2 aliphatic rings. The summed E-state index contributed by atoms with van der Waals surface area (Å²) < 4.78 is 39.6. The molecule has 1 aliphatic heterocycles. The number of aromatic nitrogens is 1. The molecule has 1 aliphatic carbocycles. The first kappa shape index (κ1) is 17.0. The van der Waals surface area contributed by atoms with E-state index in [9.17, 15) is 13.2 Å². The van der Waals surface area contributed by atoms with Crippen LogP contribution < -0.4 is 0 Å². The van der Waals surface area contributed by atoms with Gasteiger partial charge in [0.25, 0.3) is 0 Å². The minimum Gasteiger partial charge on any atom is -0.358 e. The summed E-state index contributed by atoms with van der Waals surface area (Å²) >= 11 is 0. The van der Waals surface area contributed by atoms with Crippen molar-refractivity contribution in [1.82, 2.24) is 9.88 Å². The van der Waals surface area contributed by atoms with Gasteiger partial charge < -0.3 is 9.88 Å². The van der Waals surface area contributed by atoms with Crippen molar-refractivity contribution in [2.45, 2.75) is 38.8 Å². The zero-order valence-electron chi connectivity index (χ0n) is 15.0. The van der Waals surface area contributed by atoms with Crippen LogP contribution in [-0.2, 0) is 12.6 Å². The lowest BCUT2D eigenvalue weighted by Crippen LogP contribution is -2.45. The van der Waals surface area contributed by atoms with Crippen LogP contribution in [0.2, 0.25) is 0 Å². The number of hydrogen-bond acceptors (Lipinski definition) is 1. The number of H-pyrrole nitrogens is 1. The third kappa shape index (κ3) is 2.77. The number of halogens is 3. The highest BCUT2D eigenvalue weighted by Crippen LogP contribution is 2.49. The third-order valence-corrected chi connectivity index (χ3v) is 6.24. The lowest BCUT2D eigenvalue weighted by Gasteiger charge is -2.46. The normalized spacial score (nSPS) is 27.6. The Bertz CT molecular complexity index is 790. The Labute approximate surface area is 146 Å². The number of alkyl halides is 3. The summed E-state index contributed by atoms with van der Waals surface area (Å²) in [4.78, 5) is 5.82. The van der Waals surface area contributed by atoms with E-state index in [-0.39, 0.29) is 0 Å². The molecule has 2 heterocycles. The van der Waals surface area contributed by atoms with Crippen molar-refractivity contribution in [3.05, 3.63) is 35.0 Å². The largest absolute Gasteiger partial charge is 0.416 e. The van der Waals surface area contributed by atoms with Crippen LogP contribution in [0.4, 0.5) is 13.2 Å². The number of piperidine rings is 1. The second-order valence-electron chi connectivity index (χ2n) is 8.22. The lowest BCUT2D eigenvalue weighted by atomic mass is 9.64. The van der Waals surface area contributed by atoms with E-state index < -0.39 is 11.7 Å². The Hall–Kier alpha value is -1.49. The topological polar surface area (TPSA) is 19.0 Å². The van der Waals surface area contributed by atoms with Crippen molar-refractivity contribution >= 4 is 10.9 Å². The maximum atomic E-state index is 13.2. The van der Waals surface area contributed by atoms with Gasteiger partial charge in [0.1, 0.15) is 0 Å². The predicted molar refractivity (Wildman–Crippen MR) is 93.7 cm³/mol. The van der Waals surface area contributed by atoms with E-state index >= 15 is 0 Å². The van der Waals surface area contributed by atoms with E-state index in [1.165, 1.54) is 24.2 Å². The molecule has 1 aromatic heterocycles. The number of aromatic amines is 1. The van der Waals surface area contributed by atoms with Gasteiger partial charge in [0.05, 0.1) is 5.56 Å². The minimum atomic E-state index is -4.30. The van der Waals surface area contributed by atoms with Crippen molar-refractivity contribution < 1.29 is 13.2 Å². The average Bonchev–Trinajstić information content (AvgIpc) is 2.88. The summed E-state index contributed by atoms with van der Waals surface area (Å²) in [5, 5.41) is 0.773. The van der Waals surface area contributed by atoms with Gasteiger partial charge >= 0.3 is 6.18 Å². The number of fused-ring (bicyclic) bond motifs is 4. The standard InChI is InChI=1S/C20H25F3N2/c1-11(2)18-15-10-25(3)7-6-12(15)8-17-19(18)14-9-13(20(21,22)23)4-5-16(14)24-17/h4-5,9,11-12,15,18,24H,6-8,10H2,1-3H3. The number of benzene rings is 1. The van der Waals surface area contributed by atoms with Gasteiger partial charge in [-0.2, -0.15) is 13.2 Å². The molecule has 25 heavy (non-hydrogen) atoms. The second kappa shape index (κ2) is 5.76. The van der Waals surface area contributed by atoms with E-state index in [0.717, 1.165) is 36.0 Å². The molecule has 5 heteroatoms. The number of nitrogens with one attached hydrogen (secondary N) is 1. The highest BCUT2D eigenvalue weighted by Gasteiger charge is 2.42. The van der Waals surface area contributed by atoms with E-state index in [0.29, 0.717) is 23.7 Å². The molecule has 136 valence electrons. The predicted octanol–water partition coefficient (Wildman–Crippen LogP) is 5.05. The van der Waals surface area contributed by atoms with Crippen molar-refractivity contribution in [3.8, 4) is 0 Å². The smallest absolute Gasteiger partial charge is 0.358 e. The fourth-order valence-corrected chi connectivity index (χ4v) is 5.15. The van der Waals surface area contributed by atoms with Gasteiger partial charge in [0, 0.05) is 23.1 Å². The summed E-state index contributed by atoms with van der Waals surface area (Å²) in [6.45, 7) is 6.56. The van der Waals surface area contributed by atoms with Gasteiger partial charge in [-0.3, -0.25) is 0 Å². The fourth-order valence-electron chi connectivity index (χ4n) is 5.15. The molecule has 1 saturated heterocycles. The van der Waals surface area contributed by atoms with Gasteiger partial charge in [-0.1, -0.05) is 13.8 Å². The van der Waals surface area contributed by atoms with E-state index in [2.05, 4.69) is 30.8 Å². The Morgan fingerprint density at radius 1 is 1.24 bits per heavy atom. The van der Waals surface area contributed by atoms with Gasteiger partial charge in [0.2, 0.25) is 0 Å². The molecule has 0 saturated carbocycles. The molecule has 2 aromatic rings. The van der Waals surface area contributed by atoms with Crippen LogP contribution in [0.15, 0.2) is 18.2 Å². The molecule has 4 rings (SSSR count). The molecule has 2 nitrogen and oxygen atoms in total. The highest BCUT2D eigenvalue weighted by atomic mass is 19.4. The van der Waals surface area contributed by atoms with Gasteiger partial charge in [0.15, 0.2) is 0 Å². The van der Waals surface area contributed by atoms with E-state index in [4.69, 9.17) is 0 Å². The summed E-state index contributed by atoms with van der Waals surface area (Å²) in [6.07, 6.45) is -2.16. The molecule has 1 fully saturated rings. The summed E-state index contributed by atoms with van der Waals surface area (Å²) in [7, 11) is 2.15. The molecular weight excluding hydrogens is 325 g/mol. The van der Waals surface area contributed by atoms with E-state index in [1.54, 1.807) is 6.07 Å². The van der Waals surface area contributed by atoms with Crippen molar-refractivity contribution in [2.75, 3.05) is 20.1 Å². The zero-order valence-corrected chi connectivity index (χ0v) is 15.0.